The van der Waals surface area contributed by atoms with Gasteiger partial charge in [-0.3, -0.25) is 0 Å². The second-order valence-corrected chi connectivity index (χ2v) is 4.47. The lowest BCUT2D eigenvalue weighted by atomic mass is 10.1. The van der Waals surface area contributed by atoms with E-state index < -0.39 is 0 Å². The molecule has 0 spiro atoms. The maximum Gasteiger partial charge on any atom is 0.318 e. The van der Waals surface area contributed by atoms with Crippen LogP contribution in [0.25, 0.3) is 0 Å². The first-order valence-corrected chi connectivity index (χ1v) is 6.13. The number of nitrogens with one attached hydrogen (secondary N) is 2. The van der Waals surface area contributed by atoms with Crippen LogP contribution in [0.2, 0.25) is 0 Å². The number of carbonyl (C=O) groups is 1. The number of carbonyl (C=O) groups excluding carboxylic acids is 1. The predicted octanol–water partition coefficient (Wildman–Crippen LogP) is 0.932. The van der Waals surface area contributed by atoms with Crippen molar-refractivity contribution < 1.29 is 9.53 Å². The van der Waals surface area contributed by atoms with Gasteiger partial charge in [-0.05, 0) is 45.5 Å². The number of amides is 2. The predicted molar refractivity (Wildman–Crippen MR) is 67.8 cm³/mol. The molecule has 2 N–H and O–H groups in total. The van der Waals surface area contributed by atoms with Gasteiger partial charge in [0.25, 0.3) is 0 Å². The van der Waals surface area contributed by atoms with Gasteiger partial charge >= 0.3 is 6.03 Å². The van der Waals surface area contributed by atoms with Crippen molar-refractivity contribution in [1.82, 2.24) is 15.5 Å². The molecule has 2 amide bonds. The van der Waals surface area contributed by atoms with E-state index >= 15 is 0 Å². The average Bonchev–Trinajstić information content (AvgIpc) is 2.33. The molecule has 0 bridgehead atoms. The van der Waals surface area contributed by atoms with Gasteiger partial charge in [0, 0.05) is 12.7 Å². The highest BCUT2D eigenvalue weighted by molar-refractivity contribution is 5.74. The minimum atomic E-state index is -0.122. The smallest absolute Gasteiger partial charge is 0.318 e. The van der Waals surface area contributed by atoms with Crippen LogP contribution in [0.3, 0.4) is 0 Å². The lowest BCUT2D eigenvalue weighted by Gasteiger charge is -2.14. The van der Waals surface area contributed by atoms with Crippen molar-refractivity contribution in [2.75, 3.05) is 40.4 Å². The summed E-state index contributed by atoms with van der Waals surface area (Å²) in [5, 5.41) is 5.58. The lowest BCUT2D eigenvalue weighted by Crippen LogP contribution is -2.34. The van der Waals surface area contributed by atoms with E-state index in [1.807, 2.05) is 20.3 Å². The molecule has 0 aliphatic carbocycles. The second kappa shape index (κ2) is 8.08. The number of hydrogen-bond acceptors (Lipinski definition) is 3. The van der Waals surface area contributed by atoms with Crippen molar-refractivity contribution in [3.8, 4) is 0 Å². The van der Waals surface area contributed by atoms with Gasteiger partial charge in [0.15, 0.2) is 0 Å². The molecular formula is C12H23N3O2. The third-order valence-corrected chi connectivity index (χ3v) is 2.61. The van der Waals surface area contributed by atoms with E-state index in [9.17, 15) is 4.79 Å². The van der Waals surface area contributed by atoms with E-state index in [-0.39, 0.29) is 6.03 Å². The zero-order chi connectivity index (χ0) is 12.5. The topological polar surface area (TPSA) is 53.6 Å². The fourth-order valence-corrected chi connectivity index (χ4v) is 1.59. The van der Waals surface area contributed by atoms with Crippen LogP contribution in [-0.4, -0.2) is 51.3 Å². The molecule has 5 heteroatoms. The summed E-state index contributed by atoms with van der Waals surface area (Å²) in [5.41, 5.74) is 1.25. The number of urea groups is 1. The second-order valence-electron chi connectivity index (χ2n) is 4.47. The van der Waals surface area contributed by atoms with E-state index in [1.54, 1.807) is 0 Å². The highest BCUT2D eigenvalue weighted by Gasteiger charge is 2.05. The van der Waals surface area contributed by atoms with E-state index in [4.69, 9.17) is 4.74 Å². The maximum absolute atomic E-state index is 11.4. The largest absolute Gasteiger partial charge is 0.381 e. The summed E-state index contributed by atoms with van der Waals surface area (Å²) in [6.45, 7) is 3.21. The quantitative estimate of drug-likeness (QED) is 0.704. The van der Waals surface area contributed by atoms with Gasteiger partial charge in [-0.2, -0.15) is 0 Å². The van der Waals surface area contributed by atoms with Gasteiger partial charge in [0.05, 0.1) is 13.2 Å². The minimum absolute atomic E-state index is 0.122. The van der Waals surface area contributed by atoms with Crippen LogP contribution in [-0.2, 0) is 4.74 Å². The van der Waals surface area contributed by atoms with Crippen LogP contribution < -0.4 is 10.6 Å². The van der Waals surface area contributed by atoms with Gasteiger partial charge in [-0.25, -0.2) is 4.79 Å². The zero-order valence-corrected chi connectivity index (χ0v) is 10.8. The summed E-state index contributed by atoms with van der Waals surface area (Å²) in [7, 11) is 4.05. The standard InChI is InChI=1S/C12H23N3O2/c1-15(2)7-3-6-13-12(16)14-10-11-4-8-17-9-5-11/h10H,3-9H2,1-2H3,(H2,13,14,16). The van der Waals surface area contributed by atoms with Crippen molar-refractivity contribution >= 4 is 6.03 Å². The van der Waals surface area contributed by atoms with Crippen LogP contribution in [0.15, 0.2) is 11.8 Å². The molecule has 98 valence electrons. The van der Waals surface area contributed by atoms with Crippen LogP contribution in [0.1, 0.15) is 19.3 Å². The summed E-state index contributed by atoms with van der Waals surface area (Å²) >= 11 is 0. The fraction of sp³-hybridized carbons (Fsp3) is 0.750. The van der Waals surface area contributed by atoms with E-state index in [1.165, 1.54) is 5.57 Å². The van der Waals surface area contributed by atoms with Crippen LogP contribution in [0, 0.1) is 0 Å². The Labute approximate surface area is 103 Å². The van der Waals surface area contributed by atoms with Crippen LogP contribution >= 0.6 is 0 Å². The molecule has 0 atom stereocenters. The molecular weight excluding hydrogens is 218 g/mol. The first-order valence-electron chi connectivity index (χ1n) is 6.13. The Morgan fingerprint density at radius 2 is 2.12 bits per heavy atom. The SMILES string of the molecule is CN(C)CCCNC(=O)NC=C1CCOCC1. The average molecular weight is 241 g/mol. The Balaban J connectivity index is 2.08. The molecule has 1 aliphatic rings. The van der Waals surface area contributed by atoms with Crippen molar-refractivity contribution in [3.63, 3.8) is 0 Å². The monoisotopic (exact) mass is 241 g/mol. The molecule has 5 nitrogen and oxygen atoms in total. The Morgan fingerprint density at radius 3 is 2.76 bits per heavy atom. The highest BCUT2D eigenvalue weighted by Crippen LogP contribution is 2.11. The molecule has 0 aromatic carbocycles. The number of rotatable bonds is 5. The number of hydrogen-bond donors (Lipinski definition) is 2. The van der Waals surface area contributed by atoms with Crippen molar-refractivity contribution in [2.24, 2.45) is 0 Å². The molecule has 0 aromatic heterocycles. The lowest BCUT2D eigenvalue weighted by molar-refractivity contribution is 0.119. The summed E-state index contributed by atoms with van der Waals surface area (Å²) in [6, 6.07) is -0.122. The highest BCUT2D eigenvalue weighted by atomic mass is 16.5. The maximum atomic E-state index is 11.4. The molecule has 0 aromatic rings. The number of ether oxygens (including phenoxy) is 1. The van der Waals surface area contributed by atoms with Gasteiger partial charge in [0.1, 0.15) is 0 Å². The van der Waals surface area contributed by atoms with Gasteiger partial charge in [0.2, 0.25) is 0 Å². The summed E-state index contributed by atoms with van der Waals surface area (Å²) < 4.78 is 5.23. The molecule has 1 aliphatic heterocycles. The molecule has 1 rings (SSSR count). The van der Waals surface area contributed by atoms with Crippen molar-refractivity contribution in [1.29, 1.82) is 0 Å². The Kier molecular flexibility index (Phi) is 6.65. The third kappa shape index (κ3) is 6.97. The van der Waals surface area contributed by atoms with Gasteiger partial charge in [-0.15, -0.1) is 0 Å². The van der Waals surface area contributed by atoms with Crippen LogP contribution in [0.4, 0.5) is 4.79 Å². The van der Waals surface area contributed by atoms with Gasteiger partial charge < -0.3 is 20.3 Å². The van der Waals surface area contributed by atoms with E-state index in [2.05, 4.69) is 15.5 Å². The molecule has 0 radical (unpaired) electrons. The molecule has 1 heterocycles. The summed E-state index contributed by atoms with van der Waals surface area (Å²) in [5.74, 6) is 0. The van der Waals surface area contributed by atoms with Gasteiger partial charge in [-0.1, -0.05) is 0 Å². The minimum Gasteiger partial charge on any atom is -0.381 e. The first kappa shape index (κ1) is 14.0. The molecule has 0 saturated carbocycles. The normalized spacial score (nSPS) is 15.8. The molecule has 1 fully saturated rings. The first-order chi connectivity index (χ1) is 8.18. The Morgan fingerprint density at radius 1 is 1.41 bits per heavy atom. The molecule has 0 unspecified atom stereocenters. The zero-order valence-electron chi connectivity index (χ0n) is 10.8. The van der Waals surface area contributed by atoms with Crippen molar-refractivity contribution in [2.45, 2.75) is 19.3 Å². The van der Waals surface area contributed by atoms with Crippen LogP contribution in [0.5, 0.6) is 0 Å². The van der Waals surface area contributed by atoms with Crippen molar-refractivity contribution in [3.05, 3.63) is 11.8 Å². The third-order valence-electron chi connectivity index (χ3n) is 2.61. The Bertz CT molecular complexity index is 256. The van der Waals surface area contributed by atoms with E-state index in [0.29, 0.717) is 6.54 Å². The molecule has 1 saturated heterocycles. The summed E-state index contributed by atoms with van der Waals surface area (Å²) in [4.78, 5) is 13.5. The summed E-state index contributed by atoms with van der Waals surface area (Å²) in [6.07, 6.45) is 4.61. The molecule has 17 heavy (non-hydrogen) atoms. The van der Waals surface area contributed by atoms with E-state index in [0.717, 1.165) is 39.0 Å². The number of nitrogens with zero attached hydrogens (tertiary/aromatic N) is 1. The fourth-order valence-electron chi connectivity index (χ4n) is 1.59. The Hall–Kier alpha value is -1.07.